The van der Waals surface area contributed by atoms with Crippen LogP contribution in [0.5, 0.6) is 17.2 Å². The summed E-state index contributed by atoms with van der Waals surface area (Å²) in [6, 6.07) is 23.2. The van der Waals surface area contributed by atoms with E-state index in [0.29, 0.717) is 70.3 Å². The minimum absolute atomic E-state index is 0.00875. The third-order valence-corrected chi connectivity index (χ3v) is 7.86. The molecule has 0 saturated carbocycles. The van der Waals surface area contributed by atoms with E-state index in [0.717, 1.165) is 42.2 Å². The molecular formula is C54H99N5O8. The van der Waals surface area contributed by atoms with Crippen molar-refractivity contribution in [3.05, 3.63) is 102 Å². The average Bonchev–Trinajstić information content (AvgIpc) is 3.40. The van der Waals surface area contributed by atoms with Crippen LogP contribution in [0.2, 0.25) is 0 Å². The molecule has 0 aliphatic carbocycles. The fourth-order valence-electron chi connectivity index (χ4n) is 4.48. The highest BCUT2D eigenvalue weighted by Gasteiger charge is 2.07. The van der Waals surface area contributed by atoms with Crippen molar-refractivity contribution in [2.75, 3.05) is 82.0 Å². The van der Waals surface area contributed by atoms with Crippen LogP contribution in [-0.4, -0.2) is 99.7 Å². The van der Waals surface area contributed by atoms with Crippen LogP contribution in [0.4, 0.5) is 0 Å². The predicted octanol–water partition coefficient (Wildman–Crippen LogP) is 10.5. The van der Waals surface area contributed by atoms with E-state index in [1.807, 2.05) is 125 Å². The van der Waals surface area contributed by atoms with Crippen molar-refractivity contribution in [2.24, 2.45) is 11.7 Å². The SMILES string of the molecule is C=C(CCNC(=O)c1cccc(OCC(C)C)c1)NC.CC.CC.CC.CC.CC.CN.CNC(=O)CCOCCCc1ccc(OC)cc1.CNC(=O)CCOCCc1ccc(OC)cc1. The summed E-state index contributed by atoms with van der Waals surface area (Å²) in [6.07, 6.45) is 4.34. The summed E-state index contributed by atoms with van der Waals surface area (Å²) in [5.41, 5.74) is 8.48. The molecule has 0 spiro atoms. The highest BCUT2D eigenvalue weighted by atomic mass is 16.5. The maximum absolute atomic E-state index is 12.0. The van der Waals surface area contributed by atoms with Crippen LogP contribution in [0.1, 0.15) is 130 Å². The van der Waals surface area contributed by atoms with Gasteiger partial charge in [0, 0.05) is 64.8 Å². The number of benzene rings is 3. The lowest BCUT2D eigenvalue weighted by atomic mass is 10.1. The summed E-state index contributed by atoms with van der Waals surface area (Å²) in [4.78, 5) is 33.8. The van der Waals surface area contributed by atoms with Gasteiger partial charge in [0.25, 0.3) is 5.91 Å². The zero-order valence-electron chi connectivity index (χ0n) is 45.5. The van der Waals surface area contributed by atoms with E-state index in [-0.39, 0.29) is 17.7 Å². The lowest BCUT2D eigenvalue weighted by Gasteiger charge is -2.10. The number of amides is 3. The monoisotopic (exact) mass is 946 g/mol. The van der Waals surface area contributed by atoms with E-state index in [1.54, 1.807) is 40.4 Å². The average molecular weight is 946 g/mol. The first-order chi connectivity index (χ1) is 32.5. The van der Waals surface area contributed by atoms with Crippen LogP contribution >= 0.6 is 0 Å². The summed E-state index contributed by atoms with van der Waals surface area (Å²) in [5.74, 6) is 2.85. The molecule has 388 valence electrons. The van der Waals surface area contributed by atoms with Gasteiger partial charge >= 0.3 is 0 Å². The molecule has 3 aromatic rings. The molecule has 67 heavy (non-hydrogen) atoms. The van der Waals surface area contributed by atoms with Crippen LogP contribution in [-0.2, 0) is 31.9 Å². The first-order valence-corrected chi connectivity index (χ1v) is 24.3. The molecule has 3 rings (SSSR count). The highest BCUT2D eigenvalue weighted by molar-refractivity contribution is 5.94. The topological polar surface area (TPSA) is 171 Å². The molecule has 0 aromatic heterocycles. The predicted molar refractivity (Wildman–Crippen MR) is 286 cm³/mol. The maximum Gasteiger partial charge on any atom is 0.251 e. The molecule has 0 unspecified atom stereocenters. The molecule has 0 heterocycles. The first kappa shape index (κ1) is 73.5. The molecule has 6 N–H and O–H groups in total. The van der Waals surface area contributed by atoms with E-state index in [1.165, 1.54) is 18.2 Å². The second kappa shape index (κ2) is 58.9. The second-order valence-electron chi connectivity index (χ2n) is 12.7. The Kier molecular flexibility index (Phi) is 64.6. The Morgan fingerprint density at radius 1 is 0.582 bits per heavy atom. The molecule has 3 aromatic carbocycles. The number of carbonyl (C=O) groups excluding carboxylic acids is 3. The van der Waals surface area contributed by atoms with Gasteiger partial charge in [-0.15, -0.1) is 0 Å². The van der Waals surface area contributed by atoms with Crippen LogP contribution < -0.4 is 41.2 Å². The van der Waals surface area contributed by atoms with Gasteiger partial charge in [0.1, 0.15) is 17.2 Å². The number of methoxy groups -OCH3 is 2. The standard InChI is InChI=1S/C16H24N2O2.C14H21NO3.C13H19NO3.5C2H6.CH5N/c1-12(2)11-20-15-7-5-6-14(10-15)16(19)18-9-8-13(3)17-4;1-15-14(16)9-11-18-10-3-4-12-5-7-13(17-2)8-6-12;1-14-13(15)8-10-17-9-7-11-3-5-12(16-2)6-4-11;6*1-2/h5-7,10,12,17H,3,8-9,11H2,1-2,4H3,(H,18,19);5-8H,3-4,9-11H2,1-2H3,(H,15,16);3-6H,7-10H2,1-2H3,(H,14,15);5*1-2H3;2H2,1H3. The van der Waals surface area contributed by atoms with Crippen LogP contribution in [0, 0.1) is 5.92 Å². The van der Waals surface area contributed by atoms with E-state index in [2.05, 4.69) is 59.6 Å². The fourth-order valence-corrected chi connectivity index (χ4v) is 4.48. The Morgan fingerprint density at radius 3 is 1.45 bits per heavy atom. The van der Waals surface area contributed by atoms with Gasteiger partial charge in [0.2, 0.25) is 11.8 Å². The second-order valence-corrected chi connectivity index (χ2v) is 12.7. The Labute approximate surface area is 410 Å². The molecule has 3 amide bonds. The van der Waals surface area contributed by atoms with Crippen molar-refractivity contribution in [3.63, 3.8) is 0 Å². The normalized spacial score (nSPS) is 8.84. The zero-order chi connectivity index (χ0) is 52.7. The number of rotatable bonds is 23. The van der Waals surface area contributed by atoms with Gasteiger partial charge in [-0.05, 0) is 85.8 Å². The molecule has 0 radical (unpaired) electrons. The van der Waals surface area contributed by atoms with E-state index < -0.39 is 0 Å². The number of nitrogens with two attached hydrogens (primary N) is 1. The number of ether oxygens (including phenoxy) is 5. The number of hydrogen-bond acceptors (Lipinski definition) is 10. The number of hydrogen-bond donors (Lipinski definition) is 5. The van der Waals surface area contributed by atoms with Crippen molar-refractivity contribution in [2.45, 2.75) is 122 Å². The van der Waals surface area contributed by atoms with Gasteiger partial charge in [-0.3, -0.25) is 14.4 Å². The van der Waals surface area contributed by atoms with Gasteiger partial charge in [-0.1, -0.05) is 120 Å². The molecule has 0 fully saturated rings. The van der Waals surface area contributed by atoms with Gasteiger partial charge < -0.3 is 50.7 Å². The molecule has 0 bridgehead atoms. The van der Waals surface area contributed by atoms with Crippen molar-refractivity contribution in [3.8, 4) is 17.2 Å². The molecule has 13 heteroatoms. The molecular weight excluding hydrogens is 847 g/mol. The summed E-state index contributed by atoms with van der Waals surface area (Å²) in [7, 11) is 9.89. The largest absolute Gasteiger partial charge is 0.497 e. The van der Waals surface area contributed by atoms with Crippen molar-refractivity contribution in [1.82, 2.24) is 21.3 Å². The molecule has 0 saturated heterocycles. The Hall–Kier alpha value is -5.11. The third kappa shape index (κ3) is 47.2. The summed E-state index contributed by atoms with van der Waals surface area (Å²) >= 11 is 0. The molecule has 0 aliphatic rings. The first-order valence-electron chi connectivity index (χ1n) is 24.3. The smallest absolute Gasteiger partial charge is 0.251 e. The minimum atomic E-state index is -0.0936. The summed E-state index contributed by atoms with van der Waals surface area (Å²) < 4.78 is 26.5. The zero-order valence-corrected chi connectivity index (χ0v) is 45.5. The van der Waals surface area contributed by atoms with Crippen molar-refractivity contribution >= 4 is 17.7 Å². The van der Waals surface area contributed by atoms with E-state index >= 15 is 0 Å². The third-order valence-electron chi connectivity index (χ3n) is 7.86. The highest BCUT2D eigenvalue weighted by Crippen LogP contribution is 2.15. The lowest BCUT2D eigenvalue weighted by molar-refractivity contribution is -0.122. The summed E-state index contributed by atoms with van der Waals surface area (Å²) in [5, 5.41) is 10.9. The van der Waals surface area contributed by atoms with Gasteiger partial charge in [0.05, 0.1) is 40.6 Å². The molecule has 0 aliphatic heterocycles. The maximum atomic E-state index is 12.0. The Balaban J connectivity index is -0.000000187. The Morgan fingerprint density at radius 2 is 1.03 bits per heavy atom. The van der Waals surface area contributed by atoms with E-state index in [4.69, 9.17) is 23.7 Å². The van der Waals surface area contributed by atoms with Crippen LogP contribution in [0.3, 0.4) is 0 Å². The van der Waals surface area contributed by atoms with Gasteiger partial charge in [0.15, 0.2) is 0 Å². The van der Waals surface area contributed by atoms with Gasteiger partial charge in [-0.2, -0.15) is 0 Å². The van der Waals surface area contributed by atoms with Crippen molar-refractivity contribution in [1.29, 1.82) is 0 Å². The summed E-state index contributed by atoms with van der Waals surface area (Å²) in [6.45, 7) is 31.5. The van der Waals surface area contributed by atoms with Crippen LogP contribution in [0.25, 0.3) is 0 Å². The minimum Gasteiger partial charge on any atom is -0.497 e. The fraction of sp³-hybridized carbons (Fsp3) is 0.574. The number of nitrogens with one attached hydrogen (secondary N) is 4. The Bertz CT molecular complexity index is 1500. The van der Waals surface area contributed by atoms with Gasteiger partial charge in [-0.25, -0.2) is 0 Å². The quantitative estimate of drug-likeness (QED) is 0.0576. The molecule has 13 nitrogen and oxygen atoms in total. The number of carbonyl (C=O) groups is 3. The lowest BCUT2D eigenvalue weighted by Crippen LogP contribution is -2.25. The van der Waals surface area contributed by atoms with Crippen molar-refractivity contribution < 1.29 is 38.1 Å². The van der Waals surface area contributed by atoms with E-state index in [9.17, 15) is 14.4 Å². The molecule has 0 atom stereocenters. The number of aryl methyl sites for hydroxylation is 1. The van der Waals surface area contributed by atoms with Crippen LogP contribution in [0.15, 0.2) is 85.1 Å².